The first-order chi connectivity index (χ1) is 19.5. The molecule has 1 unspecified atom stereocenters. The number of hydrogen-bond donors (Lipinski definition) is 2. The molecule has 5 aromatic rings. The Hall–Kier alpha value is -4.59. The second kappa shape index (κ2) is 9.80. The quantitative estimate of drug-likeness (QED) is 0.295. The molecule has 14 heteroatoms. The van der Waals surface area contributed by atoms with Crippen LogP contribution in [0.15, 0.2) is 48.7 Å². The zero-order valence-corrected chi connectivity index (χ0v) is 21.9. The van der Waals surface area contributed by atoms with Crippen molar-refractivity contribution in [2.75, 3.05) is 13.1 Å². The maximum absolute atomic E-state index is 15.0. The van der Waals surface area contributed by atoms with Crippen LogP contribution >= 0.6 is 0 Å². The van der Waals surface area contributed by atoms with Gasteiger partial charge in [-0.2, -0.15) is 18.3 Å². The molecular weight excluding hydrogens is 544 g/mol. The highest BCUT2D eigenvalue weighted by Gasteiger charge is 2.47. The Balaban J connectivity index is 1.40. The van der Waals surface area contributed by atoms with Crippen LogP contribution in [0, 0.1) is 12.7 Å². The standard InChI is InChI=1S/C27H24F4N8O2/c1-14-9-22(37(2)36-14)18-11-21-15(10-19(18)28)3-5-20(33-21)25-35-34-23-6-4-16(12-39(23)25)24(27(29,30)31)38-8-7-17(13-38)32-26(40)41/h3-6,9-12,17,24,32H,7-8,13H2,1-2H3,(H,40,41)/t17?,24-/m1/s1. The van der Waals surface area contributed by atoms with E-state index < -0.39 is 30.2 Å². The highest BCUT2D eigenvalue weighted by molar-refractivity contribution is 5.85. The van der Waals surface area contributed by atoms with Crippen LogP contribution in [-0.4, -0.2) is 70.8 Å². The van der Waals surface area contributed by atoms with Crippen molar-refractivity contribution in [3.8, 4) is 22.8 Å². The molecule has 0 radical (unpaired) electrons. The fourth-order valence-corrected chi connectivity index (χ4v) is 5.49. The van der Waals surface area contributed by atoms with Gasteiger partial charge in [-0.15, -0.1) is 10.2 Å². The second-order valence-electron chi connectivity index (χ2n) is 10.1. The lowest BCUT2D eigenvalue weighted by Crippen LogP contribution is -2.40. The number of nitrogens with zero attached hydrogens (tertiary/aromatic N) is 7. The van der Waals surface area contributed by atoms with E-state index in [0.29, 0.717) is 33.5 Å². The minimum Gasteiger partial charge on any atom is -0.465 e. The van der Waals surface area contributed by atoms with Gasteiger partial charge in [0, 0.05) is 43.3 Å². The summed E-state index contributed by atoms with van der Waals surface area (Å²) in [6, 6.07) is 8.27. The van der Waals surface area contributed by atoms with E-state index in [-0.39, 0.29) is 30.9 Å². The lowest BCUT2D eigenvalue weighted by Gasteiger charge is -2.30. The van der Waals surface area contributed by atoms with Crippen LogP contribution in [0.4, 0.5) is 22.4 Å². The summed E-state index contributed by atoms with van der Waals surface area (Å²) in [7, 11) is 1.72. The number of rotatable bonds is 5. The Morgan fingerprint density at radius 3 is 2.66 bits per heavy atom. The van der Waals surface area contributed by atoms with Crippen molar-refractivity contribution in [3.05, 3.63) is 65.7 Å². The number of hydrogen-bond acceptors (Lipinski definition) is 6. The fourth-order valence-electron chi connectivity index (χ4n) is 5.49. The van der Waals surface area contributed by atoms with Gasteiger partial charge >= 0.3 is 12.3 Å². The molecule has 2 atom stereocenters. The number of pyridine rings is 2. The van der Waals surface area contributed by atoms with Crippen molar-refractivity contribution in [2.45, 2.75) is 31.6 Å². The third kappa shape index (κ3) is 4.94. The first-order valence-corrected chi connectivity index (χ1v) is 12.7. The van der Waals surface area contributed by atoms with E-state index >= 15 is 0 Å². The zero-order valence-electron chi connectivity index (χ0n) is 21.9. The molecule has 1 fully saturated rings. The van der Waals surface area contributed by atoms with Crippen LogP contribution in [0.3, 0.4) is 0 Å². The molecule has 0 saturated carbocycles. The Morgan fingerprint density at radius 2 is 1.95 bits per heavy atom. The average Bonchev–Trinajstić information content (AvgIpc) is 3.60. The SMILES string of the molecule is Cc1cc(-c2cc3nc(-c4nnc5ccc([C@@H](N6CCC(NC(=O)O)C6)C(F)(F)F)cn45)ccc3cc2F)n(C)n1. The van der Waals surface area contributed by atoms with E-state index in [4.69, 9.17) is 5.11 Å². The molecule has 212 valence electrons. The largest absolute Gasteiger partial charge is 0.465 e. The molecule has 1 amide bonds. The summed E-state index contributed by atoms with van der Waals surface area (Å²) < 4.78 is 61.0. The third-order valence-corrected chi connectivity index (χ3v) is 7.25. The van der Waals surface area contributed by atoms with E-state index in [1.165, 1.54) is 33.7 Å². The molecular formula is C27H24F4N8O2. The van der Waals surface area contributed by atoms with Crippen molar-refractivity contribution in [3.63, 3.8) is 0 Å². The van der Waals surface area contributed by atoms with Crippen LogP contribution in [0.2, 0.25) is 0 Å². The first-order valence-electron chi connectivity index (χ1n) is 12.7. The fraction of sp³-hybridized carbons (Fsp3) is 0.296. The smallest absolute Gasteiger partial charge is 0.408 e. The van der Waals surface area contributed by atoms with Gasteiger partial charge < -0.3 is 10.4 Å². The zero-order chi connectivity index (χ0) is 29.1. The van der Waals surface area contributed by atoms with Crippen molar-refractivity contribution >= 4 is 22.6 Å². The number of halogens is 4. The van der Waals surface area contributed by atoms with Crippen LogP contribution in [-0.2, 0) is 7.05 Å². The molecule has 0 spiro atoms. The monoisotopic (exact) mass is 568 g/mol. The van der Waals surface area contributed by atoms with Gasteiger partial charge in [-0.3, -0.25) is 14.0 Å². The summed E-state index contributed by atoms with van der Waals surface area (Å²) in [6.45, 7) is 1.80. The van der Waals surface area contributed by atoms with Gasteiger partial charge in [0.05, 0.1) is 16.9 Å². The van der Waals surface area contributed by atoms with E-state index in [2.05, 4.69) is 25.6 Å². The number of likely N-dealkylation sites (tertiary alicyclic amines) is 1. The van der Waals surface area contributed by atoms with E-state index in [9.17, 15) is 22.4 Å². The maximum Gasteiger partial charge on any atom is 0.408 e. The number of fused-ring (bicyclic) bond motifs is 2. The second-order valence-corrected chi connectivity index (χ2v) is 10.1. The molecule has 4 aromatic heterocycles. The first kappa shape index (κ1) is 26.6. The van der Waals surface area contributed by atoms with E-state index in [1.807, 2.05) is 6.92 Å². The summed E-state index contributed by atoms with van der Waals surface area (Å²) >= 11 is 0. The van der Waals surface area contributed by atoms with Gasteiger partial charge in [0.25, 0.3) is 0 Å². The lowest BCUT2D eigenvalue weighted by atomic mass is 10.1. The van der Waals surface area contributed by atoms with Crippen LogP contribution in [0.25, 0.3) is 39.3 Å². The number of carboxylic acid groups (broad SMARTS) is 1. The molecule has 6 rings (SSSR count). The number of aryl methyl sites for hydroxylation is 2. The van der Waals surface area contributed by atoms with Crippen LogP contribution in [0.1, 0.15) is 23.7 Å². The summed E-state index contributed by atoms with van der Waals surface area (Å²) in [4.78, 5) is 16.9. The molecule has 41 heavy (non-hydrogen) atoms. The Bertz CT molecular complexity index is 1800. The molecule has 1 aliphatic rings. The number of amides is 1. The van der Waals surface area contributed by atoms with Crippen molar-refractivity contribution in [1.29, 1.82) is 0 Å². The molecule has 0 bridgehead atoms. The number of benzene rings is 1. The van der Waals surface area contributed by atoms with Gasteiger partial charge in [0.15, 0.2) is 11.5 Å². The number of nitrogens with one attached hydrogen (secondary N) is 1. The van der Waals surface area contributed by atoms with Gasteiger partial charge in [-0.25, -0.2) is 14.2 Å². The minimum atomic E-state index is -4.62. The predicted molar refractivity (Wildman–Crippen MR) is 141 cm³/mol. The molecule has 1 aliphatic heterocycles. The van der Waals surface area contributed by atoms with Crippen molar-refractivity contribution in [1.82, 2.24) is 39.6 Å². The predicted octanol–water partition coefficient (Wildman–Crippen LogP) is 4.74. The molecule has 0 aliphatic carbocycles. The summed E-state index contributed by atoms with van der Waals surface area (Å²) in [5.74, 6) is -0.215. The topological polar surface area (TPSA) is 113 Å². The molecule has 1 saturated heterocycles. The third-order valence-electron chi connectivity index (χ3n) is 7.25. The maximum atomic E-state index is 15.0. The summed E-state index contributed by atoms with van der Waals surface area (Å²) in [5, 5.41) is 24.4. The van der Waals surface area contributed by atoms with Gasteiger partial charge in [-0.05, 0) is 49.2 Å². The van der Waals surface area contributed by atoms with Gasteiger partial charge in [0.2, 0.25) is 0 Å². The number of alkyl halides is 3. The lowest BCUT2D eigenvalue weighted by molar-refractivity contribution is -0.184. The van der Waals surface area contributed by atoms with Crippen molar-refractivity contribution < 1.29 is 27.5 Å². The minimum absolute atomic E-state index is 0.0428. The summed E-state index contributed by atoms with van der Waals surface area (Å²) in [5.41, 5.74) is 2.71. The number of carbonyl (C=O) groups is 1. The Morgan fingerprint density at radius 1 is 1.15 bits per heavy atom. The van der Waals surface area contributed by atoms with Crippen molar-refractivity contribution in [2.24, 2.45) is 7.05 Å². The highest BCUT2D eigenvalue weighted by Crippen LogP contribution is 2.40. The van der Waals surface area contributed by atoms with E-state index in [0.717, 1.165) is 5.69 Å². The average molecular weight is 569 g/mol. The van der Waals surface area contributed by atoms with Gasteiger partial charge in [-0.1, -0.05) is 12.1 Å². The molecule has 1 aromatic carbocycles. The van der Waals surface area contributed by atoms with Gasteiger partial charge in [0.1, 0.15) is 17.6 Å². The Labute approximate surface area is 230 Å². The summed E-state index contributed by atoms with van der Waals surface area (Å²) in [6.07, 6.45) is -4.29. The highest BCUT2D eigenvalue weighted by atomic mass is 19.4. The van der Waals surface area contributed by atoms with E-state index in [1.54, 1.807) is 36.0 Å². The van der Waals surface area contributed by atoms with Crippen LogP contribution in [0.5, 0.6) is 0 Å². The Kier molecular flexibility index (Phi) is 6.36. The normalized spacial score (nSPS) is 17.0. The molecule has 5 heterocycles. The molecule has 10 nitrogen and oxygen atoms in total. The van der Waals surface area contributed by atoms with Crippen LogP contribution < -0.4 is 5.32 Å². The number of aromatic nitrogens is 6. The molecule has 2 N–H and O–H groups in total.